The van der Waals surface area contributed by atoms with Crippen LogP contribution in [0, 0.1) is 135 Å². The van der Waals surface area contributed by atoms with Crippen molar-refractivity contribution < 1.29 is 0 Å². The Balaban J connectivity index is 0.000000197. The van der Waals surface area contributed by atoms with Crippen molar-refractivity contribution in [1.82, 2.24) is 0 Å². The monoisotopic (exact) mass is 892 g/mol. The fourth-order valence-corrected chi connectivity index (χ4v) is 7.86. The van der Waals surface area contributed by atoms with Crippen LogP contribution in [0.4, 0.5) is 0 Å². The van der Waals surface area contributed by atoms with E-state index in [0.717, 1.165) is 82.4 Å². The zero-order chi connectivity index (χ0) is 49.7. The summed E-state index contributed by atoms with van der Waals surface area (Å²) in [5.41, 5.74) is 13.6. The molecule has 0 unspecified atom stereocenters. The summed E-state index contributed by atoms with van der Waals surface area (Å²) < 4.78 is 0. The standard InChI is InChI=1S/C40H26.C31H14/c1-31-13-17-35(18-14-31)23-27-39-30-40(28-24-36-19-15-32(2)16-20-36)38(26-22-34-11-7-4-8-12-34)29-37(39)25-21-33-9-5-3-6-10-33;1-7-13-25-19-31-29-17-23(11-5)21(9-3)15-27(29)26-14-20(8-2)22(10-4)16-28(26)30(31)18-24(25)12-6/h3-20,29-30H,1-2H3;2-6,14-19H,1H3. The molecule has 0 radical (unpaired) electrons. The third kappa shape index (κ3) is 10.8. The molecule has 0 aromatic heterocycles. The van der Waals surface area contributed by atoms with Crippen molar-refractivity contribution in [3.63, 3.8) is 0 Å². The molecule has 0 heteroatoms. The van der Waals surface area contributed by atoms with Gasteiger partial charge in [0.25, 0.3) is 0 Å². The lowest BCUT2D eigenvalue weighted by Crippen LogP contribution is -1.93. The van der Waals surface area contributed by atoms with Gasteiger partial charge in [0.15, 0.2) is 0 Å². The molecule has 0 N–H and O–H groups in total. The van der Waals surface area contributed by atoms with Crippen molar-refractivity contribution in [2.75, 3.05) is 0 Å². The van der Waals surface area contributed by atoms with E-state index in [-0.39, 0.29) is 0 Å². The molecular weight excluding hydrogens is 853 g/mol. The minimum absolute atomic E-state index is 0.643. The average Bonchev–Trinajstić information content (AvgIpc) is 3.41. The molecule has 324 valence electrons. The van der Waals surface area contributed by atoms with E-state index in [1.54, 1.807) is 6.92 Å². The topological polar surface area (TPSA) is 0 Å². The molecule has 0 spiro atoms. The van der Waals surface area contributed by atoms with Crippen molar-refractivity contribution in [3.8, 4) is 121 Å². The van der Waals surface area contributed by atoms with Crippen LogP contribution in [0.15, 0.2) is 158 Å². The Hall–Kier alpha value is -10.6. The second-order valence-corrected chi connectivity index (χ2v) is 16.3. The number of rotatable bonds is 0. The summed E-state index contributed by atoms with van der Waals surface area (Å²) in [6.45, 7) is 5.92. The van der Waals surface area contributed by atoms with Gasteiger partial charge in [-0.05, 0) is 150 Å². The molecule has 9 aromatic rings. The van der Waals surface area contributed by atoms with Crippen molar-refractivity contribution >= 4 is 32.3 Å². The van der Waals surface area contributed by atoms with Crippen LogP contribution < -0.4 is 0 Å². The minimum Gasteiger partial charge on any atom is -0.115 e. The van der Waals surface area contributed by atoms with Gasteiger partial charge < -0.3 is 0 Å². The fraction of sp³-hybridized carbons (Fsp3) is 0.0423. The molecule has 0 amide bonds. The number of terminal acetylenes is 5. The van der Waals surface area contributed by atoms with Crippen LogP contribution in [0.5, 0.6) is 0 Å². The summed E-state index contributed by atoms with van der Waals surface area (Å²) in [6.07, 6.45) is 28.7. The molecule has 0 bridgehead atoms. The van der Waals surface area contributed by atoms with Crippen LogP contribution in [0.1, 0.15) is 95.9 Å². The Morgan fingerprint density at radius 2 is 0.493 bits per heavy atom. The molecule has 0 fully saturated rings. The zero-order valence-corrected chi connectivity index (χ0v) is 39.4. The third-order valence-corrected chi connectivity index (χ3v) is 11.6. The van der Waals surface area contributed by atoms with E-state index in [1.807, 2.05) is 133 Å². The van der Waals surface area contributed by atoms with Gasteiger partial charge in [-0.15, -0.1) is 38.0 Å². The van der Waals surface area contributed by atoms with Gasteiger partial charge in [-0.2, -0.15) is 0 Å². The van der Waals surface area contributed by atoms with E-state index < -0.39 is 0 Å². The first kappa shape index (κ1) is 46.9. The molecule has 71 heavy (non-hydrogen) atoms. The second-order valence-electron chi connectivity index (χ2n) is 16.3. The number of aryl methyl sites for hydroxylation is 2. The normalized spacial score (nSPS) is 9.55. The highest BCUT2D eigenvalue weighted by Crippen LogP contribution is 2.39. The Labute approximate surface area is 418 Å². The van der Waals surface area contributed by atoms with Crippen LogP contribution in [-0.2, 0) is 0 Å². The number of hydrogen-bond donors (Lipinski definition) is 0. The van der Waals surface area contributed by atoms with Gasteiger partial charge in [0.1, 0.15) is 0 Å². The maximum absolute atomic E-state index is 5.79. The first-order chi connectivity index (χ1) is 34.7. The zero-order valence-electron chi connectivity index (χ0n) is 39.4. The van der Waals surface area contributed by atoms with Gasteiger partial charge in [0.2, 0.25) is 0 Å². The van der Waals surface area contributed by atoms with Crippen LogP contribution in [0.25, 0.3) is 32.3 Å². The van der Waals surface area contributed by atoms with Crippen LogP contribution in [-0.4, -0.2) is 0 Å². The van der Waals surface area contributed by atoms with Gasteiger partial charge in [0.05, 0.1) is 0 Å². The summed E-state index contributed by atoms with van der Waals surface area (Å²) in [5.74, 6) is 46.2. The fourth-order valence-electron chi connectivity index (χ4n) is 7.86. The van der Waals surface area contributed by atoms with E-state index in [4.69, 9.17) is 32.1 Å². The smallest absolute Gasteiger partial charge is 0.0419 e. The van der Waals surface area contributed by atoms with E-state index in [0.29, 0.717) is 27.8 Å². The Bertz CT molecular complexity index is 3970. The average molecular weight is 893 g/mol. The molecule has 9 aromatic carbocycles. The maximum atomic E-state index is 5.79. The Morgan fingerprint density at radius 3 is 0.761 bits per heavy atom. The van der Waals surface area contributed by atoms with Crippen LogP contribution >= 0.6 is 0 Å². The van der Waals surface area contributed by atoms with Gasteiger partial charge >= 0.3 is 0 Å². The molecule has 0 saturated carbocycles. The maximum Gasteiger partial charge on any atom is 0.0419 e. The first-order valence-corrected chi connectivity index (χ1v) is 22.5. The van der Waals surface area contributed by atoms with Gasteiger partial charge in [0, 0.05) is 77.9 Å². The van der Waals surface area contributed by atoms with Crippen LogP contribution in [0.3, 0.4) is 0 Å². The summed E-state index contributed by atoms with van der Waals surface area (Å²) in [7, 11) is 0. The second kappa shape index (κ2) is 21.8. The van der Waals surface area contributed by atoms with E-state index in [1.165, 1.54) is 11.1 Å². The molecule has 0 aliphatic carbocycles. The molecule has 0 nitrogen and oxygen atoms in total. The Morgan fingerprint density at radius 1 is 0.254 bits per heavy atom. The Kier molecular flexibility index (Phi) is 14.4. The lowest BCUT2D eigenvalue weighted by atomic mass is 9.87. The van der Waals surface area contributed by atoms with Crippen LogP contribution in [0.2, 0.25) is 0 Å². The molecule has 0 heterocycles. The molecular formula is C71H40. The quantitative estimate of drug-likeness (QED) is 0.105. The highest BCUT2D eigenvalue weighted by atomic mass is 14.2. The first-order valence-electron chi connectivity index (χ1n) is 22.5. The number of benzene rings is 9. The third-order valence-electron chi connectivity index (χ3n) is 11.6. The van der Waals surface area contributed by atoms with Gasteiger partial charge in [-0.25, -0.2) is 0 Å². The van der Waals surface area contributed by atoms with Crippen molar-refractivity contribution in [2.45, 2.75) is 20.8 Å². The SMILES string of the molecule is C#Cc1cc2c3cc(C#C)c(C#C)cc3c3cc(C#CC)c(C#C)cc3c2cc1C#C.Cc1ccc(C#Cc2cc(C#Cc3ccc(C)cc3)c(C#Cc3ccccc3)cc2C#Cc2ccccc2)cc1. The van der Waals surface area contributed by atoms with Crippen molar-refractivity contribution in [3.05, 3.63) is 247 Å². The van der Waals surface area contributed by atoms with E-state index >= 15 is 0 Å². The van der Waals surface area contributed by atoms with Crippen molar-refractivity contribution in [1.29, 1.82) is 0 Å². The summed E-state index contributed by atoms with van der Waals surface area (Å²) in [5, 5.41) is 5.70. The lowest BCUT2D eigenvalue weighted by Gasteiger charge is -2.14. The molecule has 0 saturated heterocycles. The highest BCUT2D eigenvalue weighted by Gasteiger charge is 2.16. The predicted molar refractivity (Wildman–Crippen MR) is 297 cm³/mol. The molecule has 9 rings (SSSR count). The number of hydrogen-bond acceptors (Lipinski definition) is 0. The van der Waals surface area contributed by atoms with E-state index in [2.05, 4.69) is 127 Å². The van der Waals surface area contributed by atoms with E-state index in [9.17, 15) is 0 Å². The highest BCUT2D eigenvalue weighted by molar-refractivity contribution is 6.26. The largest absolute Gasteiger partial charge is 0.115 e. The van der Waals surface area contributed by atoms with Gasteiger partial charge in [-0.1, -0.05) is 155 Å². The molecule has 0 aliphatic rings. The van der Waals surface area contributed by atoms with Crippen molar-refractivity contribution in [2.24, 2.45) is 0 Å². The predicted octanol–water partition coefficient (Wildman–Crippen LogP) is 13.3. The summed E-state index contributed by atoms with van der Waals surface area (Å²) in [6, 6.07) is 52.1. The summed E-state index contributed by atoms with van der Waals surface area (Å²) >= 11 is 0. The molecule has 0 aliphatic heterocycles. The number of fused-ring (bicyclic) bond motifs is 6. The molecule has 0 atom stereocenters. The van der Waals surface area contributed by atoms with Gasteiger partial charge in [-0.3, -0.25) is 0 Å². The summed E-state index contributed by atoms with van der Waals surface area (Å²) in [4.78, 5) is 0. The minimum atomic E-state index is 0.643. The lowest BCUT2D eigenvalue weighted by molar-refractivity contribution is 1.46.